The average molecular weight is 322 g/mol. The van der Waals surface area contributed by atoms with Crippen molar-refractivity contribution in [2.45, 2.75) is 12.5 Å². The van der Waals surface area contributed by atoms with Crippen LogP contribution in [0.1, 0.15) is 23.6 Å². The maximum Gasteiger partial charge on any atom is 0.306 e. The van der Waals surface area contributed by atoms with Crippen molar-refractivity contribution in [3.63, 3.8) is 0 Å². The van der Waals surface area contributed by atoms with E-state index in [0.29, 0.717) is 5.75 Å². The number of aliphatic carboxylic acids is 1. The van der Waals surface area contributed by atoms with Crippen molar-refractivity contribution >= 4 is 5.97 Å². The van der Waals surface area contributed by atoms with E-state index in [1.807, 2.05) is 48.7 Å². The highest BCUT2D eigenvalue weighted by Crippen LogP contribution is 2.27. The summed E-state index contributed by atoms with van der Waals surface area (Å²) in [7, 11) is 0. The molecule has 1 unspecified atom stereocenters. The van der Waals surface area contributed by atoms with Gasteiger partial charge in [-0.05, 0) is 23.3 Å². The molecule has 3 rings (SSSR count). The minimum atomic E-state index is -0.865. The predicted molar refractivity (Wildman–Crippen MR) is 90.1 cm³/mol. The van der Waals surface area contributed by atoms with Crippen molar-refractivity contribution in [3.8, 4) is 5.75 Å². The van der Waals surface area contributed by atoms with Gasteiger partial charge in [-0.15, -0.1) is 0 Å². The van der Waals surface area contributed by atoms with E-state index in [1.165, 1.54) is 0 Å². The smallest absolute Gasteiger partial charge is 0.306 e. The summed E-state index contributed by atoms with van der Waals surface area (Å²) in [4.78, 5) is 14.7. The highest BCUT2D eigenvalue weighted by atomic mass is 16.5. The van der Waals surface area contributed by atoms with Crippen molar-refractivity contribution in [3.05, 3.63) is 84.4 Å². The Morgan fingerprint density at radius 3 is 2.42 bits per heavy atom. The zero-order valence-electron chi connectivity index (χ0n) is 13.1. The molecule has 5 nitrogen and oxygen atoms in total. The average Bonchev–Trinajstić information content (AvgIpc) is 3.11. The number of benzene rings is 2. The first-order valence-electron chi connectivity index (χ1n) is 7.71. The van der Waals surface area contributed by atoms with Crippen LogP contribution in [0.5, 0.6) is 5.75 Å². The number of nitrogens with zero attached hydrogens (tertiary/aromatic N) is 2. The molecule has 122 valence electrons. The summed E-state index contributed by atoms with van der Waals surface area (Å²) in [6, 6.07) is 17.9. The van der Waals surface area contributed by atoms with E-state index in [2.05, 4.69) is 21.7 Å². The highest BCUT2D eigenvalue weighted by Gasteiger charge is 2.15. The van der Waals surface area contributed by atoms with Crippen molar-refractivity contribution < 1.29 is 14.6 Å². The molecule has 1 aromatic heterocycles. The monoisotopic (exact) mass is 322 g/mol. The molecule has 0 aliphatic carbocycles. The van der Waals surface area contributed by atoms with Gasteiger partial charge in [-0.2, -0.15) is 0 Å². The van der Waals surface area contributed by atoms with Crippen molar-refractivity contribution in [1.29, 1.82) is 0 Å². The van der Waals surface area contributed by atoms with Gasteiger partial charge < -0.3 is 14.4 Å². The fourth-order valence-corrected chi connectivity index (χ4v) is 2.60. The molecule has 0 spiro atoms. The standard InChI is InChI=1S/C19H18N2O3/c22-18(23)10-13-24-17-8-6-16(7-9-17)19(21-12-11-20-14-21)15-4-2-1-3-5-15/h1-9,11-12,14,19H,10,13H2,(H,22,23). The van der Waals surface area contributed by atoms with Crippen LogP contribution in [0.4, 0.5) is 0 Å². The van der Waals surface area contributed by atoms with E-state index in [0.717, 1.165) is 11.1 Å². The van der Waals surface area contributed by atoms with Gasteiger partial charge in [0.2, 0.25) is 0 Å². The summed E-state index contributed by atoms with van der Waals surface area (Å²) >= 11 is 0. The third kappa shape index (κ3) is 3.81. The first kappa shape index (κ1) is 15.8. The van der Waals surface area contributed by atoms with Crippen LogP contribution in [0.25, 0.3) is 0 Å². The molecule has 0 radical (unpaired) electrons. The molecule has 1 atom stereocenters. The number of rotatable bonds is 7. The van der Waals surface area contributed by atoms with Gasteiger partial charge in [0.05, 0.1) is 25.4 Å². The largest absolute Gasteiger partial charge is 0.493 e. The molecule has 0 bridgehead atoms. The zero-order chi connectivity index (χ0) is 16.8. The van der Waals surface area contributed by atoms with Gasteiger partial charge in [0.25, 0.3) is 0 Å². The normalized spacial score (nSPS) is 11.8. The molecule has 0 amide bonds. The van der Waals surface area contributed by atoms with Gasteiger partial charge in [-0.25, -0.2) is 4.98 Å². The van der Waals surface area contributed by atoms with Gasteiger partial charge in [-0.1, -0.05) is 42.5 Å². The minimum absolute atomic E-state index is 0.0105. The van der Waals surface area contributed by atoms with E-state index in [4.69, 9.17) is 9.84 Å². The van der Waals surface area contributed by atoms with Gasteiger partial charge >= 0.3 is 5.97 Å². The Bertz CT molecular complexity index is 768. The number of hydrogen-bond acceptors (Lipinski definition) is 3. The lowest BCUT2D eigenvalue weighted by Gasteiger charge is -2.20. The molecule has 5 heteroatoms. The van der Waals surface area contributed by atoms with Crippen LogP contribution in [-0.2, 0) is 4.79 Å². The minimum Gasteiger partial charge on any atom is -0.493 e. The quantitative estimate of drug-likeness (QED) is 0.724. The number of aromatic nitrogens is 2. The van der Waals surface area contributed by atoms with Crippen LogP contribution in [0, 0.1) is 0 Å². The Hall–Kier alpha value is -3.08. The summed E-state index contributed by atoms with van der Waals surface area (Å²) in [5, 5.41) is 8.65. The van der Waals surface area contributed by atoms with E-state index >= 15 is 0 Å². The van der Waals surface area contributed by atoms with Crippen molar-refractivity contribution in [2.75, 3.05) is 6.61 Å². The Balaban J connectivity index is 1.82. The first-order valence-corrected chi connectivity index (χ1v) is 7.71. The maximum atomic E-state index is 10.5. The molecule has 1 heterocycles. The number of imidazole rings is 1. The molecule has 3 aromatic rings. The molecule has 1 N–H and O–H groups in total. The summed E-state index contributed by atoms with van der Waals surface area (Å²) < 4.78 is 7.50. The highest BCUT2D eigenvalue weighted by molar-refractivity contribution is 5.66. The molecular weight excluding hydrogens is 304 g/mol. The third-order valence-corrected chi connectivity index (χ3v) is 3.72. The molecule has 0 saturated heterocycles. The molecule has 0 aliphatic heterocycles. The SMILES string of the molecule is O=C(O)CCOc1ccc(C(c2ccccc2)n2ccnc2)cc1. The lowest BCUT2D eigenvalue weighted by Crippen LogP contribution is -2.10. The summed E-state index contributed by atoms with van der Waals surface area (Å²) in [6.45, 7) is 0.165. The van der Waals surface area contributed by atoms with Crippen molar-refractivity contribution in [1.82, 2.24) is 9.55 Å². The fraction of sp³-hybridized carbons (Fsp3) is 0.158. The second-order valence-electron chi connectivity index (χ2n) is 5.38. The second-order valence-corrected chi connectivity index (χ2v) is 5.38. The Morgan fingerprint density at radius 2 is 1.79 bits per heavy atom. The van der Waals surface area contributed by atoms with Gasteiger partial charge in [0.15, 0.2) is 0 Å². The summed E-state index contributed by atoms with van der Waals surface area (Å²) in [5.74, 6) is -0.201. The van der Waals surface area contributed by atoms with Crippen LogP contribution in [0.15, 0.2) is 73.3 Å². The molecule has 2 aromatic carbocycles. The van der Waals surface area contributed by atoms with E-state index < -0.39 is 5.97 Å². The fourth-order valence-electron chi connectivity index (χ4n) is 2.60. The Kier molecular flexibility index (Phi) is 4.91. The Labute approximate surface area is 140 Å². The number of hydrogen-bond donors (Lipinski definition) is 1. The third-order valence-electron chi connectivity index (χ3n) is 3.72. The van der Waals surface area contributed by atoms with E-state index in [1.54, 1.807) is 12.5 Å². The number of carboxylic acid groups (broad SMARTS) is 1. The van der Waals surface area contributed by atoms with Gasteiger partial charge in [0.1, 0.15) is 5.75 Å². The van der Waals surface area contributed by atoms with Crippen molar-refractivity contribution in [2.24, 2.45) is 0 Å². The van der Waals surface area contributed by atoms with Gasteiger partial charge in [-0.3, -0.25) is 4.79 Å². The molecule has 24 heavy (non-hydrogen) atoms. The zero-order valence-corrected chi connectivity index (χ0v) is 13.1. The Morgan fingerprint density at radius 1 is 1.08 bits per heavy atom. The maximum absolute atomic E-state index is 10.5. The van der Waals surface area contributed by atoms with Crippen LogP contribution in [-0.4, -0.2) is 27.2 Å². The number of carboxylic acids is 1. The molecule has 0 aliphatic rings. The topological polar surface area (TPSA) is 64.3 Å². The second kappa shape index (κ2) is 7.46. The van der Waals surface area contributed by atoms with Crippen LogP contribution >= 0.6 is 0 Å². The summed E-state index contributed by atoms with van der Waals surface area (Å²) in [6.07, 6.45) is 5.49. The first-order chi connectivity index (χ1) is 11.7. The predicted octanol–water partition coefficient (Wildman–Crippen LogP) is 3.37. The van der Waals surface area contributed by atoms with E-state index in [9.17, 15) is 4.79 Å². The van der Waals surface area contributed by atoms with Gasteiger partial charge in [0, 0.05) is 12.4 Å². The molecule has 0 saturated carbocycles. The molecular formula is C19H18N2O3. The van der Waals surface area contributed by atoms with Crippen LogP contribution < -0.4 is 4.74 Å². The summed E-state index contributed by atoms with van der Waals surface area (Å²) in [5.41, 5.74) is 2.26. The number of ether oxygens (including phenoxy) is 1. The van der Waals surface area contributed by atoms with Crippen LogP contribution in [0.3, 0.4) is 0 Å². The van der Waals surface area contributed by atoms with E-state index in [-0.39, 0.29) is 19.1 Å². The lowest BCUT2D eigenvalue weighted by molar-refractivity contribution is -0.137. The van der Waals surface area contributed by atoms with Crippen LogP contribution in [0.2, 0.25) is 0 Å². The lowest BCUT2D eigenvalue weighted by atomic mass is 9.98. The molecule has 0 fully saturated rings. The number of carbonyl (C=O) groups is 1.